The number of carbonyl (C=O) groups is 2. The van der Waals surface area contributed by atoms with Crippen molar-refractivity contribution in [1.82, 2.24) is 0 Å². The zero-order valence-electron chi connectivity index (χ0n) is 19.8. The summed E-state index contributed by atoms with van der Waals surface area (Å²) in [5, 5.41) is 11.5. The van der Waals surface area contributed by atoms with Crippen LogP contribution in [0.4, 0.5) is 11.4 Å². The molecule has 180 valence electrons. The molecule has 1 amide bonds. The number of Topliss-reactive ketones (excluding diaryl/α,β-unsaturated/α-hetero) is 1. The SMILES string of the molecule is COc1ccc(/C(O)=C2\C(=O)C(=O)N(c3ccc(OC)c(Cl)c3)C2c2ccc(N(C)C)cc2)cc1. The number of nitrogens with zero attached hydrogens (tertiary/aromatic N) is 2. The van der Waals surface area contributed by atoms with E-state index in [1.54, 1.807) is 42.5 Å². The number of ether oxygens (including phenoxy) is 2. The number of halogens is 1. The van der Waals surface area contributed by atoms with Crippen LogP contribution in [0.1, 0.15) is 17.2 Å². The zero-order valence-corrected chi connectivity index (χ0v) is 20.5. The standard InChI is InChI=1S/C27H25ClN2O5/c1-29(2)18-9-5-16(6-10-18)24-23(25(31)17-7-12-20(34-3)13-8-17)26(32)27(33)30(24)19-11-14-22(35-4)21(28)15-19/h5-15,24,31H,1-4H3/b25-23+. The van der Waals surface area contributed by atoms with Crippen molar-refractivity contribution in [3.63, 3.8) is 0 Å². The van der Waals surface area contributed by atoms with Gasteiger partial charge in [-0.3, -0.25) is 14.5 Å². The van der Waals surface area contributed by atoms with E-state index in [1.165, 1.54) is 19.1 Å². The van der Waals surface area contributed by atoms with Crippen LogP contribution in [-0.2, 0) is 9.59 Å². The molecule has 0 spiro atoms. The monoisotopic (exact) mass is 492 g/mol. The van der Waals surface area contributed by atoms with Crippen molar-refractivity contribution in [2.24, 2.45) is 0 Å². The molecule has 0 aliphatic carbocycles. The van der Waals surface area contributed by atoms with Crippen molar-refractivity contribution in [2.75, 3.05) is 38.1 Å². The van der Waals surface area contributed by atoms with Crippen LogP contribution in [0.3, 0.4) is 0 Å². The normalized spacial score (nSPS) is 16.9. The Balaban J connectivity index is 1.91. The molecule has 1 fully saturated rings. The van der Waals surface area contributed by atoms with Crippen molar-refractivity contribution in [3.05, 3.63) is 88.5 Å². The van der Waals surface area contributed by atoms with Gasteiger partial charge in [0.15, 0.2) is 0 Å². The van der Waals surface area contributed by atoms with E-state index < -0.39 is 17.7 Å². The van der Waals surface area contributed by atoms with E-state index in [4.69, 9.17) is 21.1 Å². The summed E-state index contributed by atoms with van der Waals surface area (Å²) in [7, 11) is 6.88. The van der Waals surface area contributed by atoms with Crippen LogP contribution in [0.25, 0.3) is 5.76 Å². The summed E-state index contributed by atoms with van der Waals surface area (Å²) in [5.74, 6) is -0.771. The highest BCUT2D eigenvalue weighted by atomic mass is 35.5. The van der Waals surface area contributed by atoms with Crippen molar-refractivity contribution in [3.8, 4) is 11.5 Å². The first-order valence-electron chi connectivity index (χ1n) is 10.8. The lowest BCUT2D eigenvalue weighted by molar-refractivity contribution is -0.132. The lowest BCUT2D eigenvalue weighted by Crippen LogP contribution is -2.29. The number of carbonyl (C=O) groups excluding carboxylic acids is 2. The molecule has 0 saturated carbocycles. The summed E-state index contributed by atoms with van der Waals surface area (Å²) >= 11 is 6.34. The number of aliphatic hydroxyl groups excluding tert-OH is 1. The smallest absolute Gasteiger partial charge is 0.300 e. The van der Waals surface area contributed by atoms with Gasteiger partial charge in [0.25, 0.3) is 11.7 Å². The molecule has 1 aliphatic rings. The molecule has 1 saturated heterocycles. The molecule has 4 rings (SSSR count). The summed E-state index contributed by atoms with van der Waals surface area (Å²) in [6.07, 6.45) is 0. The van der Waals surface area contributed by atoms with Gasteiger partial charge in [-0.05, 0) is 60.2 Å². The van der Waals surface area contributed by atoms with E-state index >= 15 is 0 Å². The number of hydrogen-bond acceptors (Lipinski definition) is 6. The fourth-order valence-electron chi connectivity index (χ4n) is 4.08. The Labute approximate surface area is 208 Å². The van der Waals surface area contributed by atoms with Crippen LogP contribution in [0.5, 0.6) is 11.5 Å². The van der Waals surface area contributed by atoms with Gasteiger partial charge in [0.05, 0.1) is 30.9 Å². The quantitative estimate of drug-likeness (QED) is 0.295. The van der Waals surface area contributed by atoms with Crippen molar-refractivity contribution < 1.29 is 24.2 Å². The maximum Gasteiger partial charge on any atom is 0.300 e. The van der Waals surface area contributed by atoms with Crippen LogP contribution < -0.4 is 19.3 Å². The molecule has 3 aromatic carbocycles. The van der Waals surface area contributed by atoms with Crippen LogP contribution in [0.15, 0.2) is 72.3 Å². The number of benzene rings is 3. The van der Waals surface area contributed by atoms with E-state index in [2.05, 4.69) is 0 Å². The Morgan fingerprint density at radius 2 is 1.60 bits per heavy atom. The third kappa shape index (κ3) is 4.42. The van der Waals surface area contributed by atoms with Crippen LogP contribution in [0, 0.1) is 0 Å². The molecule has 3 aromatic rings. The predicted octanol–water partition coefficient (Wildman–Crippen LogP) is 5.05. The molecule has 7 nitrogen and oxygen atoms in total. The number of hydrogen-bond donors (Lipinski definition) is 1. The molecular weight excluding hydrogens is 468 g/mol. The molecule has 0 aromatic heterocycles. The molecule has 35 heavy (non-hydrogen) atoms. The molecule has 1 heterocycles. The van der Waals surface area contributed by atoms with E-state index in [1.807, 2.05) is 43.3 Å². The maximum absolute atomic E-state index is 13.3. The molecule has 1 aliphatic heterocycles. The highest BCUT2D eigenvalue weighted by Crippen LogP contribution is 2.44. The average molecular weight is 493 g/mol. The minimum atomic E-state index is -0.863. The Morgan fingerprint density at radius 3 is 2.14 bits per heavy atom. The molecule has 1 atom stereocenters. The summed E-state index contributed by atoms with van der Waals surface area (Å²) in [6.45, 7) is 0. The van der Waals surface area contributed by atoms with Gasteiger partial charge in [-0.1, -0.05) is 23.7 Å². The zero-order chi connectivity index (χ0) is 25.3. The maximum atomic E-state index is 13.3. The topological polar surface area (TPSA) is 79.3 Å². The summed E-state index contributed by atoms with van der Waals surface area (Å²) in [4.78, 5) is 29.9. The van der Waals surface area contributed by atoms with E-state index in [-0.39, 0.29) is 11.3 Å². The van der Waals surface area contributed by atoms with Gasteiger partial charge in [0, 0.05) is 31.0 Å². The summed E-state index contributed by atoms with van der Waals surface area (Å²) in [5.41, 5.74) is 2.41. The van der Waals surface area contributed by atoms with Crippen molar-refractivity contribution >= 4 is 40.4 Å². The average Bonchev–Trinajstić information content (AvgIpc) is 3.13. The minimum Gasteiger partial charge on any atom is -0.507 e. The second-order valence-electron chi connectivity index (χ2n) is 8.20. The summed E-state index contributed by atoms with van der Waals surface area (Å²) in [6, 6.07) is 18.1. The second-order valence-corrected chi connectivity index (χ2v) is 8.61. The molecule has 8 heteroatoms. The van der Waals surface area contributed by atoms with Crippen LogP contribution in [-0.4, -0.2) is 45.1 Å². The highest BCUT2D eigenvalue weighted by molar-refractivity contribution is 6.51. The predicted molar refractivity (Wildman–Crippen MR) is 137 cm³/mol. The fraction of sp³-hybridized carbons (Fsp3) is 0.185. The lowest BCUT2D eigenvalue weighted by atomic mass is 9.95. The van der Waals surface area contributed by atoms with Crippen LogP contribution >= 0.6 is 11.6 Å². The van der Waals surface area contributed by atoms with Gasteiger partial charge in [0.1, 0.15) is 17.3 Å². The van der Waals surface area contributed by atoms with E-state index in [0.717, 1.165) is 5.69 Å². The first-order chi connectivity index (χ1) is 16.8. The van der Waals surface area contributed by atoms with E-state index in [0.29, 0.717) is 33.3 Å². The minimum absolute atomic E-state index is 0.00953. The first-order valence-corrected chi connectivity index (χ1v) is 11.2. The van der Waals surface area contributed by atoms with Crippen molar-refractivity contribution in [1.29, 1.82) is 0 Å². The fourth-order valence-corrected chi connectivity index (χ4v) is 4.33. The lowest BCUT2D eigenvalue weighted by Gasteiger charge is -2.26. The molecule has 1 unspecified atom stereocenters. The van der Waals surface area contributed by atoms with E-state index in [9.17, 15) is 14.7 Å². The Bertz CT molecular complexity index is 1300. The Morgan fingerprint density at radius 1 is 0.943 bits per heavy atom. The van der Waals surface area contributed by atoms with Gasteiger partial charge >= 0.3 is 0 Å². The van der Waals surface area contributed by atoms with Gasteiger partial charge in [0.2, 0.25) is 0 Å². The van der Waals surface area contributed by atoms with Gasteiger partial charge in [-0.25, -0.2) is 0 Å². The Kier molecular flexibility index (Phi) is 6.71. The molecule has 1 N–H and O–H groups in total. The first kappa shape index (κ1) is 24.2. The molecule has 0 bridgehead atoms. The highest BCUT2D eigenvalue weighted by Gasteiger charge is 2.47. The molecular formula is C27H25ClN2O5. The third-order valence-electron chi connectivity index (χ3n) is 5.95. The number of methoxy groups -OCH3 is 2. The number of aliphatic hydroxyl groups is 1. The third-order valence-corrected chi connectivity index (χ3v) is 6.24. The largest absolute Gasteiger partial charge is 0.507 e. The summed E-state index contributed by atoms with van der Waals surface area (Å²) < 4.78 is 10.4. The van der Waals surface area contributed by atoms with Crippen LogP contribution in [0.2, 0.25) is 5.02 Å². The van der Waals surface area contributed by atoms with Gasteiger partial charge in [-0.15, -0.1) is 0 Å². The second kappa shape index (κ2) is 9.72. The van der Waals surface area contributed by atoms with Crippen molar-refractivity contribution in [2.45, 2.75) is 6.04 Å². The van der Waals surface area contributed by atoms with Gasteiger partial charge in [-0.2, -0.15) is 0 Å². The number of ketones is 1. The Hall–Kier alpha value is -3.97. The number of rotatable bonds is 6. The van der Waals surface area contributed by atoms with Gasteiger partial charge < -0.3 is 19.5 Å². The molecule has 0 radical (unpaired) electrons. The number of anilines is 2. The number of amides is 1.